The fourth-order valence-corrected chi connectivity index (χ4v) is 1.05. The number of rotatable bonds is 1. The van der Waals surface area contributed by atoms with Crippen molar-refractivity contribution in [2.75, 3.05) is 0 Å². The molecular weight excluding hydrogens is 218 g/mol. The average molecular weight is 230 g/mol. The SMILES string of the molecule is C[C@@H](N)c1ccncc1Cl.Cl.Cl. The van der Waals surface area contributed by atoms with E-state index in [4.69, 9.17) is 17.3 Å². The number of hydrogen-bond donors (Lipinski definition) is 1. The quantitative estimate of drug-likeness (QED) is 0.804. The summed E-state index contributed by atoms with van der Waals surface area (Å²) in [5.74, 6) is 0. The van der Waals surface area contributed by atoms with Crippen molar-refractivity contribution < 1.29 is 0 Å². The van der Waals surface area contributed by atoms with Crippen molar-refractivity contribution >= 4 is 36.4 Å². The van der Waals surface area contributed by atoms with Gasteiger partial charge in [0.05, 0.1) is 5.02 Å². The lowest BCUT2D eigenvalue weighted by Crippen LogP contribution is -2.05. The number of aromatic nitrogens is 1. The topological polar surface area (TPSA) is 38.9 Å². The molecule has 12 heavy (non-hydrogen) atoms. The lowest BCUT2D eigenvalue weighted by Gasteiger charge is -2.05. The summed E-state index contributed by atoms with van der Waals surface area (Å²) < 4.78 is 0. The van der Waals surface area contributed by atoms with Crippen LogP contribution in [0.1, 0.15) is 18.5 Å². The van der Waals surface area contributed by atoms with E-state index in [1.807, 2.05) is 13.0 Å². The molecule has 0 unspecified atom stereocenters. The van der Waals surface area contributed by atoms with Gasteiger partial charge in [-0.1, -0.05) is 11.6 Å². The van der Waals surface area contributed by atoms with Gasteiger partial charge in [-0.2, -0.15) is 0 Å². The molecule has 0 amide bonds. The largest absolute Gasteiger partial charge is 0.324 e. The van der Waals surface area contributed by atoms with Gasteiger partial charge >= 0.3 is 0 Å². The zero-order chi connectivity index (χ0) is 7.56. The summed E-state index contributed by atoms with van der Waals surface area (Å²) in [7, 11) is 0. The first-order valence-corrected chi connectivity index (χ1v) is 3.44. The second-order valence-electron chi connectivity index (χ2n) is 2.19. The summed E-state index contributed by atoms with van der Waals surface area (Å²) >= 11 is 5.78. The van der Waals surface area contributed by atoms with Crippen molar-refractivity contribution in [1.82, 2.24) is 4.98 Å². The van der Waals surface area contributed by atoms with Crippen LogP contribution < -0.4 is 5.73 Å². The molecule has 2 N–H and O–H groups in total. The van der Waals surface area contributed by atoms with Crippen molar-refractivity contribution in [3.8, 4) is 0 Å². The smallest absolute Gasteiger partial charge is 0.0636 e. The van der Waals surface area contributed by atoms with Gasteiger partial charge < -0.3 is 5.73 Å². The van der Waals surface area contributed by atoms with Crippen LogP contribution in [-0.4, -0.2) is 4.98 Å². The molecule has 5 heteroatoms. The molecular formula is C7H11Cl3N2. The van der Waals surface area contributed by atoms with Crippen LogP contribution in [0.4, 0.5) is 0 Å². The zero-order valence-corrected chi connectivity index (χ0v) is 8.92. The number of halogens is 3. The Hall–Kier alpha value is -0.0200. The van der Waals surface area contributed by atoms with Gasteiger partial charge in [0.1, 0.15) is 0 Å². The van der Waals surface area contributed by atoms with E-state index in [9.17, 15) is 0 Å². The number of nitrogens with zero attached hydrogens (tertiary/aromatic N) is 1. The molecule has 1 heterocycles. The molecule has 1 rings (SSSR count). The summed E-state index contributed by atoms with van der Waals surface area (Å²) in [5.41, 5.74) is 6.54. The Morgan fingerprint density at radius 1 is 1.50 bits per heavy atom. The van der Waals surface area contributed by atoms with Gasteiger partial charge in [0.15, 0.2) is 0 Å². The second kappa shape index (κ2) is 6.49. The molecule has 0 aromatic carbocycles. The Labute approximate surface area is 89.3 Å². The van der Waals surface area contributed by atoms with Crippen LogP contribution in [-0.2, 0) is 0 Å². The number of pyridine rings is 1. The van der Waals surface area contributed by atoms with E-state index in [2.05, 4.69) is 4.98 Å². The molecule has 1 aromatic heterocycles. The molecule has 0 saturated heterocycles. The van der Waals surface area contributed by atoms with Gasteiger partial charge in [-0.15, -0.1) is 24.8 Å². The average Bonchev–Trinajstić information content (AvgIpc) is 1.88. The molecule has 0 spiro atoms. The Morgan fingerprint density at radius 3 is 2.42 bits per heavy atom. The number of nitrogens with two attached hydrogens (primary N) is 1. The molecule has 0 radical (unpaired) electrons. The summed E-state index contributed by atoms with van der Waals surface area (Å²) in [6.45, 7) is 1.89. The molecule has 1 aromatic rings. The van der Waals surface area contributed by atoms with Crippen molar-refractivity contribution in [3.63, 3.8) is 0 Å². The number of hydrogen-bond acceptors (Lipinski definition) is 2. The van der Waals surface area contributed by atoms with E-state index in [1.54, 1.807) is 12.4 Å². The first-order valence-electron chi connectivity index (χ1n) is 3.07. The molecule has 0 saturated carbocycles. The highest BCUT2D eigenvalue weighted by Gasteiger charge is 2.02. The van der Waals surface area contributed by atoms with Crippen LogP contribution in [0.3, 0.4) is 0 Å². The third kappa shape index (κ3) is 3.59. The summed E-state index contributed by atoms with van der Waals surface area (Å²) in [5, 5.41) is 0.637. The summed E-state index contributed by atoms with van der Waals surface area (Å²) in [6, 6.07) is 1.81. The Kier molecular flexibility index (Phi) is 7.84. The van der Waals surface area contributed by atoms with Crippen molar-refractivity contribution in [2.45, 2.75) is 13.0 Å². The minimum absolute atomic E-state index is 0. The van der Waals surface area contributed by atoms with Crippen LogP contribution in [0, 0.1) is 0 Å². The van der Waals surface area contributed by atoms with Crippen LogP contribution >= 0.6 is 36.4 Å². The van der Waals surface area contributed by atoms with Gasteiger partial charge in [-0.05, 0) is 18.6 Å². The summed E-state index contributed by atoms with van der Waals surface area (Å²) in [6.07, 6.45) is 3.28. The highest BCUT2D eigenvalue weighted by molar-refractivity contribution is 6.31. The monoisotopic (exact) mass is 228 g/mol. The van der Waals surface area contributed by atoms with Crippen LogP contribution in [0.15, 0.2) is 18.5 Å². The molecule has 0 fully saturated rings. The van der Waals surface area contributed by atoms with Crippen molar-refractivity contribution in [3.05, 3.63) is 29.0 Å². The third-order valence-corrected chi connectivity index (χ3v) is 1.61. The van der Waals surface area contributed by atoms with Crippen molar-refractivity contribution in [1.29, 1.82) is 0 Å². The van der Waals surface area contributed by atoms with E-state index in [0.717, 1.165) is 5.56 Å². The highest BCUT2D eigenvalue weighted by Crippen LogP contribution is 2.18. The minimum atomic E-state index is -0.0181. The molecule has 2 nitrogen and oxygen atoms in total. The van der Waals surface area contributed by atoms with E-state index in [1.165, 1.54) is 0 Å². The zero-order valence-electron chi connectivity index (χ0n) is 6.53. The highest BCUT2D eigenvalue weighted by atomic mass is 35.5. The molecule has 0 aliphatic carbocycles. The van der Waals surface area contributed by atoms with E-state index >= 15 is 0 Å². The van der Waals surface area contributed by atoms with Crippen LogP contribution in [0.5, 0.6) is 0 Å². The fourth-order valence-electron chi connectivity index (χ4n) is 0.755. The van der Waals surface area contributed by atoms with E-state index in [0.29, 0.717) is 5.02 Å². The maximum absolute atomic E-state index is 5.78. The third-order valence-electron chi connectivity index (χ3n) is 1.29. The first-order chi connectivity index (χ1) is 4.72. The van der Waals surface area contributed by atoms with Crippen LogP contribution in [0.2, 0.25) is 5.02 Å². The minimum Gasteiger partial charge on any atom is -0.324 e. The normalized spacial score (nSPS) is 10.9. The summed E-state index contributed by atoms with van der Waals surface area (Å²) in [4.78, 5) is 3.84. The van der Waals surface area contributed by atoms with Gasteiger partial charge in [-0.3, -0.25) is 4.98 Å². The van der Waals surface area contributed by atoms with Crippen LogP contribution in [0.25, 0.3) is 0 Å². The first kappa shape index (κ1) is 14.5. The second-order valence-corrected chi connectivity index (χ2v) is 2.59. The molecule has 0 aliphatic rings. The molecule has 0 aliphatic heterocycles. The lowest BCUT2D eigenvalue weighted by molar-refractivity contribution is 0.816. The van der Waals surface area contributed by atoms with E-state index < -0.39 is 0 Å². The predicted molar refractivity (Wildman–Crippen MR) is 56.3 cm³/mol. The molecule has 70 valence electrons. The van der Waals surface area contributed by atoms with Gasteiger partial charge in [0, 0.05) is 18.4 Å². The Bertz CT molecular complexity index is 228. The standard InChI is InChI=1S/C7H9ClN2.2ClH/c1-5(9)6-2-3-10-4-7(6)8;;/h2-5H,9H2,1H3;2*1H/t5-;;/m1../s1. The molecule has 0 bridgehead atoms. The maximum atomic E-state index is 5.78. The Balaban J connectivity index is 0. The maximum Gasteiger partial charge on any atom is 0.0636 e. The van der Waals surface area contributed by atoms with Gasteiger partial charge in [-0.25, -0.2) is 0 Å². The lowest BCUT2D eigenvalue weighted by atomic mass is 10.1. The Morgan fingerprint density at radius 2 is 2.08 bits per heavy atom. The molecule has 1 atom stereocenters. The van der Waals surface area contributed by atoms with Gasteiger partial charge in [0.25, 0.3) is 0 Å². The fraction of sp³-hybridized carbons (Fsp3) is 0.286. The predicted octanol–water partition coefficient (Wildman–Crippen LogP) is 2.60. The van der Waals surface area contributed by atoms with Gasteiger partial charge in [0.2, 0.25) is 0 Å². The van der Waals surface area contributed by atoms with Crippen molar-refractivity contribution in [2.24, 2.45) is 5.73 Å². The van der Waals surface area contributed by atoms with E-state index in [-0.39, 0.29) is 30.9 Å².